The van der Waals surface area contributed by atoms with Gasteiger partial charge < -0.3 is 4.57 Å². The quantitative estimate of drug-likeness (QED) is 0.646. The van der Waals surface area contributed by atoms with Crippen molar-refractivity contribution < 1.29 is 13.2 Å². The fourth-order valence-corrected chi connectivity index (χ4v) is 3.38. The minimum absolute atomic E-state index is 0.122. The third kappa shape index (κ3) is 3.55. The van der Waals surface area contributed by atoms with Gasteiger partial charge in [-0.1, -0.05) is 11.6 Å². The molecule has 0 saturated carbocycles. The molecule has 1 aromatic heterocycles. The Bertz CT molecular complexity index is 751. The zero-order valence-electron chi connectivity index (χ0n) is 12.6. The van der Waals surface area contributed by atoms with Crippen molar-refractivity contribution in [2.24, 2.45) is 4.99 Å². The minimum Gasteiger partial charge on any atom is -0.316 e. The number of aryl methyl sites for hydroxylation is 1. The maximum Gasteiger partial charge on any atom is 0.416 e. The van der Waals surface area contributed by atoms with Crippen LogP contribution in [0.3, 0.4) is 0 Å². The van der Waals surface area contributed by atoms with E-state index in [2.05, 4.69) is 4.99 Å². The lowest BCUT2D eigenvalue weighted by molar-refractivity contribution is -0.137. The number of nitrogens with zero attached hydrogens (tertiary/aromatic N) is 2. The Morgan fingerprint density at radius 3 is 2.36 bits per heavy atom. The molecule has 2 aromatic rings. The van der Waals surface area contributed by atoms with Gasteiger partial charge in [0.15, 0.2) is 4.80 Å². The van der Waals surface area contributed by atoms with Gasteiger partial charge in [-0.05, 0) is 45.9 Å². The van der Waals surface area contributed by atoms with Gasteiger partial charge in [-0.15, -0.1) is 11.3 Å². The van der Waals surface area contributed by atoms with Crippen molar-refractivity contribution in [1.82, 2.24) is 4.57 Å². The molecule has 0 spiro atoms. The molecule has 0 radical (unpaired) electrons. The van der Waals surface area contributed by atoms with Crippen LogP contribution in [0.5, 0.6) is 0 Å². The monoisotopic (exact) mass is 348 g/mol. The van der Waals surface area contributed by atoms with Crippen LogP contribution < -0.4 is 4.80 Å². The van der Waals surface area contributed by atoms with Crippen LogP contribution in [0.15, 0.2) is 28.6 Å². The first kappa shape index (κ1) is 17.1. The van der Waals surface area contributed by atoms with Crippen molar-refractivity contribution in [2.75, 3.05) is 0 Å². The Hall–Kier alpha value is -1.27. The number of rotatable bonds is 1. The topological polar surface area (TPSA) is 17.3 Å². The molecule has 0 aliphatic carbocycles. The third-order valence-corrected chi connectivity index (χ3v) is 4.30. The van der Waals surface area contributed by atoms with Gasteiger partial charge in [-0.25, -0.2) is 4.99 Å². The molecule has 22 heavy (non-hydrogen) atoms. The van der Waals surface area contributed by atoms with Crippen molar-refractivity contribution >= 4 is 28.6 Å². The van der Waals surface area contributed by atoms with Crippen LogP contribution >= 0.6 is 22.9 Å². The van der Waals surface area contributed by atoms with Crippen molar-refractivity contribution in [2.45, 2.75) is 39.4 Å². The summed E-state index contributed by atoms with van der Waals surface area (Å²) in [6.07, 6.45) is -4.42. The zero-order chi connectivity index (χ0) is 16.7. The van der Waals surface area contributed by atoms with Crippen LogP contribution in [0.4, 0.5) is 18.9 Å². The highest BCUT2D eigenvalue weighted by molar-refractivity contribution is 7.07. The highest BCUT2D eigenvalue weighted by atomic mass is 35.5. The number of hydrogen-bond donors (Lipinski definition) is 0. The summed E-state index contributed by atoms with van der Waals surface area (Å²) in [4.78, 5) is 4.97. The summed E-state index contributed by atoms with van der Waals surface area (Å²) in [7, 11) is 0. The van der Waals surface area contributed by atoms with E-state index in [-0.39, 0.29) is 16.2 Å². The smallest absolute Gasteiger partial charge is 0.316 e. The summed E-state index contributed by atoms with van der Waals surface area (Å²) in [5.41, 5.74) is 0.138. The molecule has 0 saturated heterocycles. The molecule has 0 unspecified atom stereocenters. The molecule has 0 aliphatic rings. The second-order valence-electron chi connectivity index (χ2n) is 5.94. The van der Waals surface area contributed by atoms with E-state index in [1.54, 1.807) is 0 Å². The maximum absolute atomic E-state index is 12.8. The molecule has 2 rings (SSSR count). The standard InChI is InChI=1S/C15H16ClF3N2S/c1-9-8-22-13(21(9)14(2,3)4)20-12-7-10(15(17,18)19)5-6-11(12)16/h5-8H,1-4H3. The van der Waals surface area contributed by atoms with Gasteiger partial charge in [0.2, 0.25) is 0 Å². The van der Waals surface area contributed by atoms with Crippen molar-refractivity contribution in [3.63, 3.8) is 0 Å². The molecule has 0 aliphatic heterocycles. The molecule has 1 aromatic carbocycles. The Kier molecular flexibility index (Phi) is 4.46. The second-order valence-corrected chi connectivity index (χ2v) is 7.19. The Labute approximate surface area is 135 Å². The molecule has 7 heteroatoms. The molecule has 2 nitrogen and oxygen atoms in total. The average Bonchev–Trinajstić information content (AvgIpc) is 2.71. The average molecular weight is 349 g/mol. The van der Waals surface area contributed by atoms with Crippen molar-refractivity contribution in [3.8, 4) is 0 Å². The molecule has 120 valence electrons. The summed E-state index contributed by atoms with van der Waals surface area (Å²) < 4.78 is 40.5. The molecule has 0 bridgehead atoms. The lowest BCUT2D eigenvalue weighted by atomic mass is 10.1. The van der Waals surface area contributed by atoms with E-state index in [9.17, 15) is 13.2 Å². The predicted octanol–water partition coefficient (Wildman–Crippen LogP) is 5.52. The summed E-state index contributed by atoms with van der Waals surface area (Å²) in [5, 5.41) is 2.12. The van der Waals surface area contributed by atoms with E-state index in [1.165, 1.54) is 17.4 Å². The summed E-state index contributed by atoms with van der Waals surface area (Å²) in [5.74, 6) is 0. The van der Waals surface area contributed by atoms with Crippen LogP contribution in [-0.4, -0.2) is 4.57 Å². The lowest BCUT2D eigenvalue weighted by Crippen LogP contribution is -2.31. The molecule has 0 fully saturated rings. The molecule has 0 amide bonds. The number of thiazole rings is 1. The Morgan fingerprint density at radius 2 is 1.82 bits per heavy atom. The van der Waals surface area contributed by atoms with Crippen LogP contribution in [0.1, 0.15) is 32.0 Å². The second kappa shape index (κ2) is 5.74. The van der Waals surface area contributed by atoms with Crippen LogP contribution in [0.2, 0.25) is 5.02 Å². The van der Waals surface area contributed by atoms with E-state index in [1.807, 2.05) is 37.6 Å². The third-order valence-electron chi connectivity index (χ3n) is 3.04. The van der Waals surface area contributed by atoms with Gasteiger partial charge in [-0.3, -0.25) is 0 Å². The number of aromatic nitrogens is 1. The molecular weight excluding hydrogens is 333 g/mol. The fraction of sp³-hybridized carbons (Fsp3) is 0.400. The number of halogens is 4. The van der Waals surface area contributed by atoms with E-state index < -0.39 is 11.7 Å². The fourth-order valence-electron chi connectivity index (χ4n) is 2.16. The Balaban J connectivity index is 2.65. The lowest BCUT2D eigenvalue weighted by Gasteiger charge is -2.23. The first-order valence-electron chi connectivity index (χ1n) is 6.59. The van der Waals surface area contributed by atoms with Gasteiger partial charge in [0, 0.05) is 16.6 Å². The zero-order valence-corrected chi connectivity index (χ0v) is 14.2. The molecule has 0 atom stereocenters. The first-order chi connectivity index (χ1) is 10.00. The number of benzene rings is 1. The van der Waals surface area contributed by atoms with Crippen LogP contribution in [-0.2, 0) is 11.7 Å². The van der Waals surface area contributed by atoms with Crippen molar-refractivity contribution in [1.29, 1.82) is 0 Å². The number of alkyl halides is 3. The van der Waals surface area contributed by atoms with Crippen LogP contribution in [0.25, 0.3) is 0 Å². The summed E-state index contributed by atoms with van der Waals surface area (Å²) in [6.45, 7) is 7.98. The highest BCUT2D eigenvalue weighted by Gasteiger charge is 2.31. The van der Waals surface area contributed by atoms with Gasteiger partial charge in [0.1, 0.15) is 0 Å². The molecule has 1 heterocycles. The normalized spacial score (nSPS) is 13.7. The molecular formula is C15H16ClF3N2S. The number of hydrogen-bond acceptors (Lipinski definition) is 2. The van der Waals surface area contributed by atoms with Gasteiger partial charge >= 0.3 is 6.18 Å². The van der Waals surface area contributed by atoms with E-state index >= 15 is 0 Å². The van der Waals surface area contributed by atoms with E-state index in [4.69, 9.17) is 11.6 Å². The summed E-state index contributed by atoms with van der Waals surface area (Å²) in [6, 6.07) is 3.16. The first-order valence-corrected chi connectivity index (χ1v) is 7.85. The minimum atomic E-state index is -4.42. The molecule has 0 N–H and O–H groups in total. The van der Waals surface area contributed by atoms with Gasteiger partial charge in [0.05, 0.1) is 16.3 Å². The van der Waals surface area contributed by atoms with E-state index in [0.717, 1.165) is 17.8 Å². The summed E-state index contributed by atoms with van der Waals surface area (Å²) >= 11 is 7.38. The maximum atomic E-state index is 12.8. The van der Waals surface area contributed by atoms with Crippen LogP contribution in [0, 0.1) is 6.92 Å². The van der Waals surface area contributed by atoms with E-state index in [0.29, 0.717) is 4.80 Å². The predicted molar refractivity (Wildman–Crippen MR) is 83.7 cm³/mol. The highest BCUT2D eigenvalue weighted by Crippen LogP contribution is 2.35. The Morgan fingerprint density at radius 1 is 1.18 bits per heavy atom. The van der Waals surface area contributed by atoms with Gasteiger partial charge in [-0.2, -0.15) is 13.2 Å². The van der Waals surface area contributed by atoms with Gasteiger partial charge in [0.25, 0.3) is 0 Å². The largest absolute Gasteiger partial charge is 0.416 e. The SMILES string of the molecule is Cc1csc(=Nc2cc(C(F)(F)F)ccc2Cl)n1C(C)(C)C. The van der Waals surface area contributed by atoms with Crippen molar-refractivity contribution in [3.05, 3.63) is 44.7 Å².